The second-order valence-electron chi connectivity index (χ2n) is 7.98. The Morgan fingerprint density at radius 3 is 2.55 bits per heavy atom. The Kier molecular flexibility index (Phi) is 4.25. The highest BCUT2D eigenvalue weighted by atomic mass is 16.5. The van der Waals surface area contributed by atoms with Gasteiger partial charge < -0.3 is 14.4 Å². The fraction of sp³-hybridized carbons (Fsp3) is 0.941. The van der Waals surface area contributed by atoms with Gasteiger partial charge in [-0.1, -0.05) is 13.8 Å². The number of fused-ring (bicyclic) bond motifs is 1. The van der Waals surface area contributed by atoms with Crippen molar-refractivity contribution in [2.75, 3.05) is 33.3 Å². The summed E-state index contributed by atoms with van der Waals surface area (Å²) in [6.45, 7) is 11.4. The highest BCUT2D eigenvalue weighted by Crippen LogP contribution is 2.54. The number of amides is 1. The maximum atomic E-state index is 12.6. The van der Waals surface area contributed by atoms with Crippen molar-refractivity contribution in [1.29, 1.82) is 0 Å². The molecule has 3 fully saturated rings. The number of hydrogen-bond donors (Lipinski definition) is 0. The van der Waals surface area contributed by atoms with Gasteiger partial charge in [-0.25, -0.2) is 0 Å². The summed E-state index contributed by atoms with van der Waals surface area (Å²) >= 11 is 0. The first-order chi connectivity index (χ1) is 10.3. The minimum atomic E-state index is 0.130. The van der Waals surface area contributed by atoms with Gasteiger partial charge in [-0.15, -0.1) is 0 Å². The molecule has 1 saturated carbocycles. The number of likely N-dealkylation sites (N-methyl/N-ethyl adjacent to an activating group) is 1. The van der Waals surface area contributed by atoms with E-state index in [0.29, 0.717) is 37.7 Å². The molecule has 22 heavy (non-hydrogen) atoms. The zero-order chi connectivity index (χ0) is 16.1. The highest BCUT2D eigenvalue weighted by molar-refractivity contribution is 5.78. The Morgan fingerprint density at radius 2 is 1.91 bits per heavy atom. The Labute approximate surface area is 133 Å². The van der Waals surface area contributed by atoms with Crippen LogP contribution in [-0.4, -0.2) is 73.3 Å². The lowest BCUT2D eigenvalue weighted by atomic mass is 9.57. The Hall–Kier alpha value is -0.650. The zero-order valence-electron chi connectivity index (χ0n) is 14.5. The van der Waals surface area contributed by atoms with Crippen molar-refractivity contribution < 1.29 is 14.3 Å². The van der Waals surface area contributed by atoms with Crippen LogP contribution in [0.3, 0.4) is 0 Å². The molecule has 126 valence electrons. The lowest BCUT2D eigenvalue weighted by Crippen LogP contribution is -2.67. The molecule has 3 aliphatic rings. The molecule has 5 heteroatoms. The highest BCUT2D eigenvalue weighted by Gasteiger charge is 2.60. The predicted molar refractivity (Wildman–Crippen MR) is 84.6 cm³/mol. The molecule has 2 saturated heterocycles. The van der Waals surface area contributed by atoms with E-state index in [1.807, 2.05) is 18.7 Å². The average molecular weight is 310 g/mol. The van der Waals surface area contributed by atoms with Crippen molar-refractivity contribution in [3.8, 4) is 0 Å². The predicted octanol–water partition coefficient (Wildman–Crippen LogP) is 1.37. The number of ether oxygens (including phenoxy) is 2. The zero-order valence-corrected chi connectivity index (χ0v) is 14.5. The normalized spacial score (nSPS) is 40.5. The quantitative estimate of drug-likeness (QED) is 0.789. The summed E-state index contributed by atoms with van der Waals surface area (Å²) in [7, 11) is 2.09. The summed E-state index contributed by atoms with van der Waals surface area (Å²) in [6.07, 6.45) is 1.76. The van der Waals surface area contributed by atoms with Crippen LogP contribution in [0.15, 0.2) is 0 Å². The van der Waals surface area contributed by atoms with Crippen molar-refractivity contribution >= 4 is 5.91 Å². The SMILES string of the molecule is C[C@@H]1CN(C(=O)CN(C)[C@@H]2[C@@H]3CCO[C@@H]3C2(C)C)C[C@H](C)O1. The minimum absolute atomic E-state index is 0.130. The Bertz CT molecular complexity index is 430. The number of morpholine rings is 1. The van der Waals surface area contributed by atoms with Crippen LogP contribution in [-0.2, 0) is 14.3 Å². The van der Waals surface area contributed by atoms with Gasteiger partial charge in [0.2, 0.25) is 5.91 Å². The fourth-order valence-corrected chi connectivity index (χ4v) is 4.99. The largest absolute Gasteiger partial charge is 0.377 e. The molecule has 1 aliphatic carbocycles. The van der Waals surface area contributed by atoms with Crippen LogP contribution in [0.1, 0.15) is 34.1 Å². The van der Waals surface area contributed by atoms with Gasteiger partial charge in [-0.05, 0) is 27.3 Å². The van der Waals surface area contributed by atoms with Crippen molar-refractivity contribution in [2.45, 2.75) is 58.5 Å². The van der Waals surface area contributed by atoms with Gasteiger partial charge in [0, 0.05) is 37.1 Å². The molecular formula is C17H30N2O3. The van der Waals surface area contributed by atoms with E-state index in [1.165, 1.54) is 0 Å². The van der Waals surface area contributed by atoms with Crippen molar-refractivity contribution in [3.05, 3.63) is 0 Å². The molecule has 0 N–H and O–H groups in total. The molecule has 0 radical (unpaired) electrons. The van der Waals surface area contributed by atoms with Crippen LogP contribution >= 0.6 is 0 Å². The summed E-state index contributed by atoms with van der Waals surface area (Å²) in [5.74, 6) is 0.818. The molecule has 0 spiro atoms. The smallest absolute Gasteiger partial charge is 0.236 e. The average Bonchev–Trinajstić information content (AvgIpc) is 2.83. The summed E-state index contributed by atoms with van der Waals surface area (Å²) in [5, 5.41) is 0. The van der Waals surface area contributed by atoms with Crippen molar-refractivity contribution in [1.82, 2.24) is 9.80 Å². The number of carbonyl (C=O) groups is 1. The second-order valence-corrected chi connectivity index (χ2v) is 7.98. The van der Waals surface area contributed by atoms with Crippen LogP contribution in [0.25, 0.3) is 0 Å². The van der Waals surface area contributed by atoms with E-state index in [-0.39, 0.29) is 23.5 Å². The van der Waals surface area contributed by atoms with Crippen LogP contribution in [0.2, 0.25) is 0 Å². The first kappa shape index (κ1) is 16.2. The summed E-state index contributed by atoms with van der Waals surface area (Å²) < 4.78 is 11.6. The third kappa shape index (κ3) is 2.68. The van der Waals surface area contributed by atoms with E-state index in [4.69, 9.17) is 9.47 Å². The molecule has 1 amide bonds. The summed E-state index contributed by atoms with van der Waals surface area (Å²) in [6, 6.07) is 0.444. The third-order valence-electron chi connectivity index (χ3n) is 5.67. The lowest BCUT2D eigenvalue weighted by Gasteiger charge is -2.58. The maximum absolute atomic E-state index is 12.6. The van der Waals surface area contributed by atoms with Gasteiger partial charge >= 0.3 is 0 Å². The van der Waals surface area contributed by atoms with E-state index in [2.05, 4.69) is 25.8 Å². The molecule has 0 aromatic carbocycles. The molecule has 0 bridgehead atoms. The van der Waals surface area contributed by atoms with Gasteiger partial charge in [0.05, 0.1) is 24.9 Å². The topological polar surface area (TPSA) is 42.0 Å². The first-order valence-electron chi connectivity index (χ1n) is 8.55. The van der Waals surface area contributed by atoms with Crippen LogP contribution in [0.5, 0.6) is 0 Å². The van der Waals surface area contributed by atoms with E-state index in [0.717, 1.165) is 13.0 Å². The van der Waals surface area contributed by atoms with Gasteiger partial charge in [-0.2, -0.15) is 0 Å². The van der Waals surface area contributed by atoms with E-state index in [1.54, 1.807) is 0 Å². The number of carbonyl (C=O) groups excluding carboxylic acids is 1. The van der Waals surface area contributed by atoms with Crippen LogP contribution < -0.4 is 0 Å². The molecule has 2 aliphatic heterocycles. The van der Waals surface area contributed by atoms with E-state index < -0.39 is 0 Å². The number of hydrogen-bond acceptors (Lipinski definition) is 4. The van der Waals surface area contributed by atoms with Crippen LogP contribution in [0.4, 0.5) is 0 Å². The monoisotopic (exact) mass is 310 g/mol. The van der Waals surface area contributed by atoms with Crippen LogP contribution in [0, 0.1) is 11.3 Å². The molecule has 0 unspecified atom stereocenters. The molecule has 0 aromatic heterocycles. The molecule has 0 aromatic rings. The molecule has 3 rings (SSSR count). The lowest BCUT2D eigenvalue weighted by molar-refractivity contribution is -0.162. The Balaban J connectivity index is 1.59. The first-order valence-corrected chi connectivity index (χ1v) is 8.55. The summed E-state index contributed by atoms with van der Waals surface area (Å²) in [4.78, 5) is 16.9. The number of rotatable bonds is 3. The third-order valence-corrected chi connectivity index (χ3v) is 5.67. The maximum Gasteiger partial charge on any atom is 0.236 e. The van der Waals surface area contributed by atoms with Gasteiger partial charge in [0.25, 0.3) is 0 Å². The van der Waals surface area contributed by atoms with Gasteiger partial charge in [0.15, 0.2) is 0 Å². The minimum Gasteiger partial charge on any atom is -0.377 e. The molecular weight excluding hydrogens is 280 g/mol. The Morgan fingerprint density at radius 1 is 1.27 bits per heavy atom. The van der Waals surface area contributed by atoms with Crippen molar-refractivity contribution in [2.24, 2.45) is 11.3 Å². The molecule has 5 atom stereocenters. The van der Waals surface area contributed by atoms with Crippen molar-refractivity contribution in [3.63, 3.8) is 0 Å². The standard InChI is InChI=1S/C17H30N2O3/c1-11-8-19(9-12(2)22-11)14(20)10-18(5)15-13-6-7-21-16(13)17(15,3)4/h11-13,15-16H,6-10H2,1-5H3/t11-,12+,13-,15+,16-/m0/s1. The van der Waals surface area contributed by atoms with E-state index in [9.17, 15) is 4.79 Å². The fourth-order valence-electron chi connectivity index (χ4n) is 4.99. The summed E-state index contributed by atoms with van der Waals surface area (Å²) in [5.41, 5.74) is 0.141. The molecule has 5 nitrogen and oxygen atoms in total. The van der Waals surface area contributed by atoms with Gasteiger partial charge in [0.1, 0.15) is 0 Å². The van der Waals surface area contributed by atoms with E-state index >= 15 is 0 Å². The molecule has 2 heterocycles. The number of nitrogens with zero attached hydrogens (tertiary/aromatic N) is 2. The second kappa shape index (κ2) is 5.77. The van der Waals surface area contributed by atoms with Gasteiger partial charge in [-0.3, -0.25) is 9.69 Å².